The van der Waals surface area contributed by atoms with Gasteiger partial charge in [0, 0.05) is 24.9 Å². The predicted molar refractivity (Wildman–Crippen MR) is 119 cm³/mol. The zero-order valence-corrected chi connectivity index (χ0v) is 17.0. The minimum Gasteiger partial charge on any atom is -0.482 e. The normalized spacial score (nSPS) is 16.9. The molecule has 0 saturated carbocycles. The van der Waals surface area contributed by atoms with Gasteiger partial charge < -0.3 is 19.9 Å². The van der Waals surface area contributed by atoms with Crippen molar-refractivity contribution in [2.45, 2.75) is 19.3 Å². The maximum Gasteiger partial charge on any atom is 0.265 e. The molecule has 156 valence electrons. The molecule has 0 bridgehead atoms. The lowest BCUT2D eigenvalue weighted by Crippen LogP contribution is -2.44. The number of fused-ring (bicyclic) bond motifs is 1. The first-order chi connectivity index (χ1) is 14.7. The molecule has 1 fully saturated rings. The summed E-state index contributed by atoms with van der Waals surface area (Å²) in [5.74, 6) is 0.403. The topological polar surface area (TPSA) is 61.9 Å². The summed E-state index contributed by atoms with van der Waals surface area (Å²) in [6.07, 6.45) is 7.01. The van der Waals surface area contributed by atoms with E-state index in [2.05, 4.69) is 10.2 Å². The molecule has 0 aromatic heterocycles. The minimum atomic E-state index is -0.221. The number of carbonyl (C=O) groups is 2. The highest BCUT2D eigenvalue weighted by Crippen LogP contribution is 2.34. The van der Waals surface area contributed by atoms with Crippen LogP contribution in [0.15, 0.2) is 54.6 Å². The summed E-state index contributed by atoms with van der Waals surface area (Å²) in [5.41, 5.74) is 2.31. The van der Waals surface area contributed by atoms with Crippen LogP contribution < -0.4 is 15.0 Å². The Bertz CT molecular complexity index is 921. The van der Waals surface area contributed by atoms with Gasteiger partial charge in [0.25, 0.3) is 5.91 Å². The molecule has 2 aliphatic rings. The Morgan fingerprint density at radius 2 is 1.83 bits per heavy atom. The standard InChI is InChI=1S/C24H27N3O3/c28-23(12-9-19-7-3-1-4-8-19)25-20-10-11-22-21(17-20)27(24(29)18-30-22)16-15-26-13-5-2-6-14-26/h1,3-4,7-12,17H,2,5-6,13-16,18H2,(H,25,28)/b12-9+. The molecular formula is C24H27N3O3. The lowest BCUT2D eigenvalue weighted by Gasteiger charge is -2.33. The number of carbonyl (C=O) groups excluding carboxylic acids is 2. The van der Waals surface area contributed by atoms with E-state index in [0.29, 0.717) is 23.7 Å². The molecule has 0 spiro atoms. The molecule has 2 amide bonds. The van der Waals surface area contributed by atoms with Crippen molar-refractivity contribution in [1.29, 1.82) is 0 Å². The maximum atomic E-state index is 12.5. The van der Waals surface area contributed by atoms with Crippen LogP contribution in [0.5, 0.6) is 5.75 Å². The Labute approximate surface area is 177 Å². The van der Waals surface area contributed by atoms with Gasteiger partial charge in [-0.1, -0.05) is 36.8 Å². The molecule has 2 aromatic rings. The molecule has 30 heavy (non-hydrogen) atoms. The quantitative estimate of drug-likeness (QED) is 0.747. The summed E-state index contributed by atoms with van der Waals surface area (Å²) in [5, 5.41) is 2.87. The van der Waals surface area contributed by atoms with Crippen LogP contribution in [0.4, 0.5) is 11.4 Å². The highest BCUT2D eigenvalue weighted by Gasteiger charge is 2.26. The zero-order chi connectivity index (χ0) is 20.8. The van der Waals surface area contributed by atoms with Gasteiger partial charge in [-0.2, -0.15) is 0 Å². The highest BCUT2D eigenvalue weighted by molar-refractivity contribution is 6.03. The van der Waals surface area contributed by atoms with E-state index < -0.39 is 0 Å². The molecule has 1 saturated heterocycles. The number of rotatable bonds is 6. The number of nitrogens with zero attached hydrogens (tertiary/aromatic N) is 2. The number of ether oxygens (including phenoxy) is 1. The van der Waals surface area contributed by atoms with Gasteiger partial charge in [0.05, 0.1) is 5.69 Å². The molecule has 6 nitrogen and oxygen atoms in total. The average molecular weight is 405 g/mol. The van der Waals surface area contributed by atoms with E-state index in [4.69, 9.17) is 4.74 Å². The largest absolute Gasteiger partial charge is 0.482 e. The first-order valence-electron chi connectivity index (χ1n) is 10.5. The number of benzene rings is 2. The van der Waals surface area contributed by atoms with E-state index in [-0.39, 0.29) is 18.4 Å². The van der Waals surface area contributed by atoms with Gasteiger partial charge in [0.1, 0.15) is 5.75 Å². The second kappa shape index (κ2) is 9.59. The van der Waals surface area contributed by atoms with E-state index in [1.807, 2.05) is 42.5 Å². The molecule has 0 atom stereocenters. The van der Waals surface area contributed by atoms with Crippen LogP contribution in [-0.4, -0.2) is 49.5 Å². The molecule has 2 heterocycles. The molecule has 1 N–H and O–H groups in total. The Balaban J connectivity index is 1.43. The molecule has 2 aromatic carbocycles. The number of hydrogen-bond donors (Lipinski definition) is 1. The molecular weight excluding hydrogens is 378 g/mol. The number of anilines is 2. The first-order valence-corrected chi connectivity index (χ1v) is 10.5. The van der Waals surface area contributed by atoms with E-state index >= 15 is 0 Å². The van der Waals surface area contributed by atoms with Gasteiger partial charge in [0.2, 0.25) is 5.91 Å². The summed E-state index contributed by atoms with van der Waals surface area (Å²) < 4.78 is 5.59. The summed E-state index contributed by atoms with van der Waals surface area (Å²) in [4.78, 5) is 29.0. The SMILES string of the molecule is O=C(/C=C/c1ccccc1)Nc1ccc2c(c1)N(CCN1CCCCC1)C(=O)CO2. The highest BCUT2D eigenvalue weighted by atomic mass is 16.5. The van der Waals surface area contributed by atoms with E-state index in [0.717, 1.165) is 25.2 Å². The van der Waals surface area contributed by atoms with Crippen LogP contribution >= 0.6 is 0 Å². The van der Waals surface area contributed by atoms with Crippen LogP contribution in [0.1, 0.15) is 24.8 Å². The Morgan fingerprint density at radius 3 is 2.63 bits per heavy atom. The number of amides is 2. The third-order valence-corrected chi connectivity index (χ3v) is 5.48. The van der Waals surface area contributed by atoms with Crippen molar-refractivity contribution >= 4 is 29.3 Å². The van der Waals surface area contributed by atoms with Crippen LogP contribution in [-0.2, 0) is 9.59 Å². The smallest absolute Gasteiger partial charge is 0.265 e. The first kappa shape index (κ1) is 20.2. The Kier molecular flexibility index (Phi) is 6.44. The Morgan fingerprint density at radius 1 is 1.03 bits per heavy atom. The summed E-state index contributed by atoms with van der Waals surface area (Å²) in [7, 11) is 0. The van der Waals surface area contributed by atoms with Gasteiger partial charge >= 0.3 is 0 Å². The van der Waals surface area contributed by atoms with Crippen molar-refractivity contribution in [2.75, 3.05) is 43.0 Å². The van der Waals surface area contributed by atoms with Gasteiger partial charge in [-0.3, -0.25) is 9.59 Å². The van der Waals surface area contributed by atoms with Gasteiger partial charge in [-0.15, -0.1) is 0 Å². The predicted octanol–water partition coefficient (Wildman–Crippen LogP) is 3.55. The van der Waals surface area contributed by atoms with Crippen LogP contribution in [0, 0.1) is 0 Å². The number of likely N-dealkylation sites (tertiary alicyclic amines) is 1. The van der Waals surface area contributed by atoms with Gasteiger partial charge in [0.15, 0.2) is 6.61 Å². The van der Waals surface area contributed by atoms with Gasteiger partial charge in [-0.25, -0.2) is 0 Å². The second-order valence-electron chi connectivity index (χ2n) is 7.65. The molecule has 6 heteroatoms. The van der Waals surface area contributed by atoms with E-state index in [1.54, 1.807) is 17.0 Å². The third kappa shape index (κ3) is 5.07. The minimum absolute atomic E-state index is 0.0491. The van der Waals surface area contributed by atoms with Crippen molar-refractivity contribution in [3.8, 4) is 5.75 Å². The second-order valence-corrected chi connectivity index (χ2v) is 7.65. The average Bonchev–Trinajstić information content (AvgIpc) is 2.78. The molecule has 0 aliphatic carbocycles. The zero-order valence-electron chi connectivity index (χ0n) is 17.0. The van der Waals surface area contributed by atoms with Crippen molar-refractivity contribution < 1.29 is 14.3 Å². The number of nitrogens with one attached hydrogen (secondary N) is 1. The number of piperidine rings is 1. The van der Waals surface area contributed by atoms with Crippen LogP contribution in [0.2, 0.25) is 0 Å². The molecule has 4 rings (SSSR count). The van der Waals surface area contributed by atoms with Gasteiger partial charge in [-0.05, 0) is 55.8 Å². The fraction of sp³-hybridized carbons (Fsp3) is 0.333. The number of hydrogen-bond acceptors (Lipinski definition) is 4. The molecule has 2 aliphatic heterocycles. The van der Waals surface area contributed by atoms with E-state index in [1.165, 1.54) is 25.3 Å². The van der Waals surface area contributed by atoms with Crippen molar-refractivity contribution in [1.82, 2.24) is 4.90 Å². The summed E-state index contributed by atoms with van der Waals surface area (Å²) in [6, 6.07) is 15.1. The van der Waals surface area contributed by atoms with Crippen LogP contribution in [0.3, 0.4) is 0 Å². The summed E-state index contributed by atoms with van der Waals surface area (Å²) >= 11 is 0. The van der Waals surface area contributed by atoms with E-state index in [9.17, 15) is 9.59 Å². The Hall–Kier alpha value is -3.12. The summed E-state index contributed by atoms with van der Waals surface area (Å²) in [6.45, 7) is 3.71. The fourth-order valence-electron chi connectivity index (χ4n) is 3.87. The van der Waals surface area contributed by atoms with Crippen molar-refractivity contribution in [2.24, 2.45) is 0 Å². The van der Waals surface area contributed by atoms with Crippen molar-refractivity contribution in [3.05, 3.63) is 60.2 Å². The maximum absolute atomic E-state index is 12.5. The lowest BCUT2D eigenvalue weighted by molar-refractivity contribution is -0.121. The fourth-order valence-corrected chi connectivity index (χ4v) is 3.87. The molecule has 0 unspecified atom stereocenters. The van der Waals surface area contributed by atoms with Crippen molar-refractivity contribution in [3.63, 3.8) is 0 Å². The van der Waals surface area contributed by atoms with Crippen LogP contribution in [0.25, 0.3) is 6.08 Å². The monoisotopic (exact) mass is 405 g/mol. The third-order valence-electron chi connectivity index (χ3n) is 5.48. The lowest BCUT2D eigenvalue weighted by atomic mass is 10.1. The molecule has 0 radical (unpaired) electrons.